The van der Waals surface area contributed by atoms with E-state index in [0.717, 1.165) is 58.1 Å². The Balaban J connectivity index is 1.22. The van der Waals surface area contributed by atoms with Crippen molar-refractivity contribution in [2.24, 2.45) is 5.92 Å². The summed E-state index contributed by atoms with van der Waals surface area (Å²) < 4.78 is 10.5. The van der Waals surface area contributed by atoms with Crippen LogP contribution in [0.1, 0.15) is 12.8 Å². The molecule has 4 heterocycles. The molecule has 3 saturated heterocycles. The van der Waals surface area contributed by atoms with Crippen molar-refractivity contribution in [3.63, 3.8) is 0 Å². The van der Waals surface area contributed by atoms with Crippen molar-refractivity contribution in [2.75, 3.05) is 63.9 Å². The Kier molecular flexibility index (Phi) is 5.55. The van der Waals surface area contributed by atoms with E-state index in [4.69, 9.17) is 9.47 Å². The molecule has 4 rings (SSSR count). The second-order valence-electron chi connectivity index (χ2n) is 7.47. The number of piperidine rings is 1. The SMILES string of the molecule is O=C(OC1COC1)N1CCCC(CN2CCN(c3ccccn3)CC2)C1. The lowest BCUT2D eigenvalue weighted by atomic mass is 9.97. The third-order valence-corrected chi connectivity index (χ3v) is 5.51. The molecular weight excluding hydrogens is 332 g/mol. The topological polar surface area (TPSA) is 58.1 Å². The Morgan fingerprint density at radius 3 is 2.73 bits per heavy atom. The van der Waals surface area contributed by atoms with Gasteiger partial charge in [-0.15, -0.1) is 0 Å². The zero-order valence-electron chi connectivity index (χ0n) is 15.3. The summed E-state index contributed by atoms with van der Waals surface area (Å²) in [6, 6.07) is 6.07. The number of piperazine rings is 1. The van der Waals surface area contributed by atoms with Crippen LogP contribution in [-0.2, 0) is 9.47 Å². The number of anilines is 1. The highest BCUT2D eigenvalue weighted by molar-refractivity contribution is 5.68. The van der Waals surface area contributed by atoms with Gasteiger partial charge in [0.2, 0.25) is 0 Å². The van der Waals surface area contributed by atoms with Gasteiger partial charge in [-0.2, -0.15) is 0 Å². The lowest BCUT2D eigenvalue weighted by molar-refractivity contribution is -0.106. The van der Waals surface area contributed by atoms with E-state index in [-0.39, 0.29) is 12.2 Å². The average molecular weight is 360 g/mol. The van der Waals surface area contributed by atoms with E-state index >= 15 is 0 Å². The van der Waals surface area contributed by atoms with Gasteiger partial charge in [-0.05, 0) is 30.9 Å². The van der Waals surface area contributed by atoms with Gasteiger partial charge in [0.1, 0.15) is 5.82 Å². The first-order valence-corrected chi connectivity index (χ1v) is 9.69. The standard InChI is InChI=1S/C19H28N4O3/c24-19(26-17-14-25-15-17)23-7-3-4-16(13-23)12-21-8-10-22(11-9-21)18-5-1-2-6-20-18/h1-2,5-6,16-17H,3-4,7-15H2. The molecule has 1 atom stereocenters. The molecule has 7 heteroatoms. The van der Waals surface area contributed by atoms with Crippen LogP contribution >= 0.6 is 0 Å². The number of hydrogen-bond acceptors (Lipinski definition) is 6. The van der Waals surface area contributed by atoms with Crippen LogP contribution in [0, 0.1) is 5.92 Å². The second kappa shape index (κ2) is 8.22. The normalized spacial score (nSPS) is 25.0. The third kappa shape index (κ3) is 4.27. The Bertz CT molecular complexity index is 588. The predicted octanol–water partition coefficient (Wildman–Crippen LogP) is 1.45. The number of likely N-dealkylation sites (tertiary alicyclic amines) is 1. The molecule has 0 aromatic carbocycles. The molecule has 0 aliphatic carbocycles. The van der Waals surface area contributed by atoms with Crippen LogP contribution in [0.5, 0.6) is 0 Å². The zero-order chi connectivity index (χ0) is 17.8. The molecule has 3 aliphatic heterocycles. The summed E-state index contributed by atoms with van der Waals surface area (Å²) in [5, 5.41) is 0. The van der Waals surface area contributed by atoms with Gasteiger partial charge in [-0.3, -0.25) is 4.90 Å². The maximum atomic E-state index is 12.3. The Hall–Kier alpha value is -1.86. The lowest BCUT2D eigenvalue weighted by Gasteiger charge is -2.39. The molecule has 0 bridgehead atoms. The lowest BCUT2D eigenvalue weighted by Crippen LogP contribution is -2.51. The number of rotatable bonds is 4. The van der Waals surface area contributed by atoms with E-state index in [1.807, 2.05) is 23.2 Å². The van der Waals surface area contributed by atoms with Crippen LogP contribution in [0.2, 0.25) is 0 Å². The van der Waals surface area contributed by atoms with E-state index in [9.17, 15) is 4.79 Å². The Labute approximate surface area is 154 Å². The first-order chi connectivity index (χ1) is 12.8. The molecule has 3 aliphatic rings. The molecule has 1 unspecified atom stereocenters. The second-order valence-corrected chi connectivity index (χ2v) is 7.47. The summed E-state index contributed by atoms with van der Waals surface area (Å²) >= 11 is 0. The van der Waals surface area contributed by atoms with Crippen molar-refractivity contribution >= 4 is 11.9 Å². The van der Waals surface area contributed by atoms with Gasteiger partial charge in [-0.25, -0.2) is 9.78 Å². The molecule has 1 aromatic rings. The predicted molar refractivity (Wildman–Crippen MR) is 98.3 cm³/mol. The van der Waals surface area contributed by atoms with Gasteiger partial charge >= 0.3 is 6.09 Å². The highest BCUT2D eigenvalue weighted by Gasteiger charge is 2.30. The fourth-order valence-electron chi connectivity index (χ4n) is 3.94. The van der Waals surface area contributed by atoms with Gasteiger partial charge < -0.3 is 19.3 Å². The third-order valence-electron chi connectivity index (χ3n) is 5.51. The number of hydrogen-bond donors (Lipinski definition) is 0. The fraction of sp³-hybridized carbons (Fsp3) is 0.684. The van der Waals surface area contributed by atoms with Gasteiger partial charge in [0.25, 0.3) is 0 Å². The van der Waals surface area contributed by atoms with E-state index in [2.05, 4.69) is 20.9 Å². The monoisotopic (exact) mass is 360 g/mol. The van der Waals surface area contributed by atoms with Crippen molar-refractivity contribution in [2.45, 2.75) is 18.9 Å². The minimum absolute atomic E-state index is 0.0393. The molecule has 26 heavy (non-hydrogen) atoms. The van der Waals surface area contributed by atoms with Crippen molar-refractivity contribution in [1.82, 2.24) is 14.8 Å². The van der Waals surface area contributed by atoms with E-state index < -0.39 is 0 Å². The minimum Gasteiger partial charge on any atom is -0.441 e. The summed E-state index contributed by atoms with van der Waals surface area (Å²) in [4.78, 5) is 23.5. The van der Waals surface area contributed by atoms with E-state index in [0.29, 0.717) is 19.1 Å². The van der Waals surface area contributed by atoms with Crippen LogP contribution in [0.15, 0.2) is 24.4 Å². The van der Waals surface area contributed by atoms with Crippen LogP contribution in [0.25, 0.3) is 0 Å². The summed E-state index contributed by atoms with van der Waals surface area (Å²) in [5.74, 6) is 1.61. The smallest absolute Gasteiger partial charge is 0.410 e. The number of amides is 1. The maximum Gasteiger partial charge on any atom is 0.410 e. The fourth-order valence-corrected chi connectivity index (χ4v) is 3.94. The van der Waals surface area contributed by atoms with Crippen LogP contribution in [0.3, 0.4) is 0 Å². The Morgan fingerprint density at radius 2 is 2.04 bits per heavy atom. The summed E-state index contributed by atoms with van der Waals surface area (Å²) in [7, 11) is 0. The quantitative estimate of drug-likeness (QED) is 0.810. The highest BCUT2D eigenvalue weighted by Crippen LogP contribution is 2.21. The van der Waals surface area contributed by atoms with Crippen molar-refractivity contribution < 1.29 is 14.3 Å². The molecule has 0 radical (unpaired) electrons. The molecule has 1 amide bonds. The average Bonchev–Trinajstić information content (AvgIpc) is 2.66. The number of ether oxygens (including phenoxy) is 2. The van der Waals surface area contributed by atoms with Crippen LogP contribution in [0.4, 0.5) is 10.6 Å². The van der Waals surface area contributed by atoms with Crippen molar-refractivity contribution in [3.05, 3.63) is 24.4 Å². The molecule has 0 N–H and O–H groups in total. The Morgan fingerprint density at radius 1 is 1.19 bits per heavy atom. The first-order valence-electron chi connectivity index (χ1n) is 9.69. The minimum atomic E-state index is -0.164. The highest BCUT2D eigenvalue weighted by atomic mass is 16.6. The van der Waals surface area contributed by atoms with Crippen molar-refractivity contribution in [3.8, 4) is 0 Å². The molecule has 142 valence electrons. The summed E-state index contributed by atoms with van der Waals surface area (Å²) in [5.41, 5.74) is 0. The number of carbonyl (C=O) groups is 1. The van der Waals surface area contributed by atoms with Crippen LogP contribution < -0.4 is 4.90 Å². The van der Waals surface area contributed by atoms with Gasteiger partial charge in [0.15, 0.2) is 6.10 Å². The molecular formula is C19H28N4O3. The molecule has 1 aromatic heterocycles. The molecule has 7 nitrogen and oxygen atoms in total. The van der Waals surface area contributed by atoms with Gasteiger partial charge in [-0.1, -0.05) is 6.07 Å². The maximum absolute atomic E-state index is 12.3. The number of aromatic nitrogens is 1. The van der Waals surface area contributed by atoms with Gasteiger partial charge in [0.05, 0.1) is 13.2 Å². The number of carbonyl (C=O) groups excluding carboxylic acids is 1. The molecule has 0 saturated carbocycles. The van der Waals surface area contributed by atoms with Crippen LogP contribution in [-0.4, -0.2) is 86.0 Å². The zero-order valence-corrected chi connectivity index (χ0v) is 15.3. The number of pyridine rings is 1. The van der Waals surface area contributed by atoms with E-state index in [1.54, 1.807) is 0 Å². The van der Waals surface area contributed by atoms with Crippen molar-refractivity contribution in [1.29, 1.82) is 0 Å². The summed E-state index contributed by atoms with van der Waals surface area (Å²) in [6.45, 7) is 7.91. The van der Waals surface area contributed by atoms with Gasteiger partial charge in [0, 0.05) is 52.0 Å². The van der Waals surface area contributed by atoms with E-state index in [1.165, 1.54) is 6.42 Å². The largest absolute Gasteiger partial charge is 0.441 e. The summed E-state index contributed by atoms with van der Waals surface area (Å²) in [6.07, 6.45) is 3.91. The molecule has 3 fully saturated rings. The molecule has 0 spiro atoms. The number of nitrogens with zero attached hydrogens (tertiary/aromatic N) is 4. The first kappa shape index (κ1) is 17.5.